The number of nitrogens with one attached hydrogen (secondary N) is 2. The van der Waals surface area contributed by atoms with Crippen molar-refractivity contribution in [3.05, 3.63) is 59.9 Å². The van der Waals surface area contributed by atoms with Crippen LogP contribution in [-0.4, -0.2) is 29.0 Å². The Kier molecular flexibility index (Phi) is 6.83. The summed E-state index contributed by atoms with van der Waals surface area (Å²) in [5, 5.41) is 14.9. The number of hydrogen-bond donors (Lipinski definition) is 2. The number of anilines is 2. The Labute approximate surface area is 170 Å². The van der Waals surface area contributed by atoms with Gasteiger partial charge in [-0.05, 0) is 36.8 Å². The molecule has 3 aromatic rings. The summed E-state index contributed by atoms with van der Waals surface area (Å²) in [6.07, 6.45) is 0. The molecular weight excluding hydrogens is 399 g/mol. The summed E-state index contributed by atoms with van der Waals surface area (Å²) in [4.78, 5) is 12.2. The molecule has 9 heteroatoms. The van der Waals surface area contributed by atoms with E-state index in [9.17, 15) is 9.18 Å². The molecule has 0 aliphatic heterocycles. The number of hydrogen-bond acceptors (Lipinski definition) is 7. The highest BCUT2D eigenvalue weighted by Gasteiger charge is 2.13. The molecule has 0 aliphatic carbocycles. The van der Waals surface area contributed by atoms with Gasteiger partial charge >= 0.3 is 0 Å². The summed E-state index contributed by atoms with van der Waals surface area (Å²) >= 11 is 2.67. The van der Waals surface area contributed by atoms with Crippen molar-refractivity contribution < 1.29 is 13.9 Å². The molecule has 0 unspecified atom stereocenters. The maximum atomic E-state index is 13.0. The van der Waals surface area contributed by atoms with E-state index in [-0.39, 0.29) is 23.5 Å². The van der Waals surface area contributed by atoms with Crippen LogP contribution in [-0.2, 0) is 4.79 Å². The highest BCUT2D eigenvalue weighted by molar-refractivity contribution is 8.01. The minimum absolute atomic E-state index is 0.128. The molecule has 3 rings (SSSR count). The molecule has 0 spiro atoms. The largest absolute Gasteiger partial charge is 0.495 e. The van der Waals surface area contributed by atoms with Crippen molar-refractivity contribution in [2.45, 2.75) is 17.3 Å². The minimum Gasteiger partial charge on any atom is -0.495 e. The molecule has 1 atom stereocenters. The number of methoxy groups -OCH3 is 1. The molecule has 1 amide bonds. The summed E-state index contributed by atoms with van der Waals surface area (Å²) in [5.74, 6) is 0.499. The van der Waals surface area contributed by atoms with E-state index in [1.54, 1.807) is 19.2 Å². The van der Waals surface area contributed by atoms with Gasteiger partial charge in [0.1, 0.15) is 11.6 Å². The zero-order valence-electron chi connectivity index (χ0n) is 15.3. The fourth-order valence-corrected chi connectivity index (χ4v) is 4.00. The average molecular weight is 419 g/mol. The zero-order chi connectivity index (χ0) is 19.9. The van der Waals surface area contributed by atoms with Crippen molar-refractivity contribution in [2.24, 2.45) is 0 Å². The molecule has 0 aliphatic rings. The molecule has 146 valence electrons. The molecule has 2 N–H and O–H groups in total. The third kappa shape index (κ3) is 5.43. The second-order valence-electron chi connectivity index (χ2n) is 5.83. The number of amides is 1. The Hall–Kier alpha value is -2.65. The number of benzene rings is 2. The van der Waals surface area contributed by atoms with Crippen molar-refractivity contribution in [1.82, 2.24) is 15.5 Å². The number of rotatable bonds is 8. The van der Waals surface area contributed by atoms with Gasteiger partial charge in [0, 0.05) is 0 Å². The number of halogens is 1. The Morgan fingerprint density at radius 1 is 1.21 bits per heavy atom. The van der Waals surface area contributed by atoms with E-state index in [1.807, 2.05) is 31.2 Å². The van der Waals surface area contributed by atoms with Gasteiger partial charge in [-0.1, -0.05) is 47.4 Å². The van der Waals surface area contributed by atoms with Gasteiger partial charge < -0.3 is 15.4 Å². The van der Waals surface area contributed by atoms with Crippen molar-refractivity contribution in [2.75, 3.05) is 18.2 Å². The molecular formula is C19H19FN4O2S2. The predicted molar refractivity (Wildman–Crippen MR) is 110 cm³/mol. The van der Waals surface area contributed by atoms with E-state index in [1.165, 1.54) is 35.2 Å². The lowest BCUT2D eigenvalue weighted by Crippen LogP contribution is -2.28. The second kappa shape index (κ2) is 9.52. The van der Waals surface area contributed by atoms with Crippen LogP contribution >= 0.6 is 23.1 Å². The van der Waals surface area contributed by atoms with Gasteiger partial charge in [-0.15, -0.1) is 10.2 Å². The first kappa shape index (κ1) is 20.1. The van der Waals surface area contributed by atoms with Crippen LogP contribution < -0.4 is 15.4 Å². The first-order valence-electron chi connectivity index (χ1n) is 8.46. The van der Waals surface area contributed by atoms with Crippen LogP contribution in [0.5, 0.6) is 5.75 Å². The van der Waals surface area contributed by atoms with Crippen LogP contribution in [0.2, 0.25) is 0 Å². The van der Waals surface area contributed by atoms with Crippen LogP contribution in [0.3, 0.4) is 0 Å². The predicted octanol–water partition coefficient (Wildman–Crippen LogP) is 4.40. The smallest absolute Gasteiger partial charge is 0.230 e. The number of carbonyl (C=O) groups excluding carboxylic acids is 1. The van der Waals surface area contributed by atoms with E-state index in [2.05, 4.69) is 20.8 Å². The molecule has 0 saturated carbocycles. The molecule has 0 radical (unpaired) electrons. The number of ether oxygens (including phenoxy) is 1. The van der Waals surface area contributed by atoms with Crippen LogP contribution in [0.25, 0.3) is 0 Å². The first-order chi connectivity index (χ1) is 13.5. The quantitative estimate of drug-likeness (QED) is 0.528. The van der Waals surface area contributed by atoms with Gasteiger partial charge in [-0.3, -0.25) is 4.79 Å². The van der Waals surface area contributed by atoms with Crippen LogP contribution in [0.1, 0.15) is 18.5 Å². The molecule has 6 nitrogen and oxygen atoms in total. The standard InChI is InChI=1S/C19H19FN4O2S2/c1-12(13-7-9-14(20)10-8-13)21-17(25)11-27-19-24-23-18(28-19)22-15-5-3-4-6-16(15)26-2/h3-10,12H,11H2,1-2H3,(H,21,25)(H,22,23)/t12-/m0/s1. The lowest BCUT2D eigenvalue weighted by Gasteiger charge is -2.13. The highest BCUT2D eigenvalue weighted by atomic mass is 32.2. The summed E-state index contributed by atoms with van der Waals surface area (Å²) in [5.41, 5.74) is 1.64. The van der Waals surface area contributed by atoms with E-state index in [4.69, 9.17) is 4.74 Å². The van der Waals surface area contributed by atoms with Gasteiger partial charge in [0.05, 0.1) is 24.6 Å². The number of thioether (sulfide) groups is 1. The second-order valence-corrected chi connectivity index (χ2v) is 8.03. The third-order valence-corrected chi connectivity index (χ3v) is 5.80. The molecule has 1 heterocycles. The number of carbonyl (C=O) groups is 1. The van der Waals surface area contributed by atoms with Gasteiger partial charge in [0.2, 0.25) is 11.0 Å². The Balaban J connectivity index is 1.51. The van der Waals surface area contributed by atoms with E-state index in [0.717, 1.165) is 11.3 Å². The third-order valence-electron chi connectivity index (χ3n) is 3.83. The van der Waals surface area contributed by atoms with Crippen molar-refractivity contribution in [3.63, 3.8) is 0 Å². The highest BCUT2D eigenvalue weighted by Crippen LogP contribution is 2.31. The van der Waals surface area contributed by atoms with E-state index < -0.39 is 0 Å². The van der Waals surface area contributed by atoms with Crippen LogP contribution in [0, 0.1) is 5.82 Å². The maximum Gasteiger partial charge on any atom is 0.230 e. The topological polar surface area (TPSA) is 76.1 Å². The Morgan fingerprint density at radius 3 is 2.71 bits per heavy atom. The molecule has 28 heavy (non-hydrogen) atoms. The monoisotopic (exact) mass is 418 g/mol. The van der Waals surface area contributed by atoms with Gasteiger partial charge in [-0.2, -0.15) is 0 Å². The number of aromatic nitrogens is 2. The Bertz CT molecular complexity index is 934. The van der Waals surface area contributed by atoms with Crippen LogP contribution in [0.15, 0.2) is 52.9 Å². The summed E-state index contributed by atoms with van der Waals surface area (Å²) < 4.78 is 19.0. The average Bonchev–Trinajstić information content (AvgIpc) is 3.14. The van der Waals surface area contributed by atoms with Gasteiger partial charge in [0.25, 0.3) is 0 Å². The lowest BCUT2D eigenvalue weighted by molar-refractivity contribution is -0.119. The Morgan fingerprint density at radius 2 is 1.96 bits per heavy atom. The summed E-state index contributed by atoms with van der Waals surface area (Å²) in [6.45, 7) is 1.86. The summed E-state index contributed by atoms with van der Waals surface area (Å²) in [7, 11) is 1.60. The molecule has 0 bridgehead atoms. The normalized spacial score (nSPS) is 11.7. The SMILES string of the molecule is COc1ccccc1Nc1nnc(SCC(=O)N[C@@H](C)c2ccc(F)cc2)s1. The lowest BCUT2D eigenvalue weighted by atomic mass is 10.1. The number of nitrogens with zero attached hydrogens (tertiary/aromatic N) is 2. The van der Waals surface area contributed by atoms with Crippen molar-refractivity contribution >= 4 is 39.8 Å². The van der Waals surface area contributed by atoms with E-state index >= 15 is 0 Å². The molecule has 1 aromatic heterocycles. The number of para-hydroxylation sites is 2. The summed E-state index contributed by atoms with van der Waals surface area (Å²) in [6, 6.07) is 13.4. The first-order valence-corrected chi connectivity index (χ1v) is 10.3. The fraction of sp³-hybridized carbons (Fsp3) is 0.211. The van der Waals surface area contributed by atoms with Gasteiger partial charge in [0.15, 0.2) is 4.34 Å². The maximum absolute atomic E-state index is 13.0. The molecule has 0 saturated heterocycles. The van der Waals surface area contributed by atoms with Crippen molar-refractivity contribution in [1.29, 1.82) is 0 Å². The molecule has 2 aromatic carbocycles. The van der Waals surface area contributed by atoms with E-state index in [0.29, 0.717) is 15.2 Å². The van der Waals surface area contributed by atoms with Gasteiger partial charge in [-0.25, -0.2) is 4.39 Å². The van der Waals surface area contributed by atoms with Crippen LogP contribution in [0.4, 0.5) is 15.2 Å². The van der Waals surface area contributed by atoms with Crippen molar-refractivity contribution in [3.8, 4) is 5.75 Å². The fourth-order valence-electron chi connectivity index (χ4n) is 2.43. The zero-order valence-corrected chi connectivity index (χ0v) is 16.9. The minimum atomic E-state index is -0.299. The molecule has 0 fully saturated rings.